The van der Waals surface area contributed by atoms with Crippen molar-refractivity contribution in [2.45, 2.75) is 31.7 Å². The van der Waals surface area contributed by atoms with Gasteiger partial charge < -0.3 is 15.5 Å². The zero-order valence-electron chi connectivity index (χ0n) is 10.6. The highest BCUT2D eigenvalue weighted by Crippen LogP contribution is 2.21. The van der Waals surface area contributed by atoms with Gasteiger partial charge in [0.25, 0.3) is 0 Å². The number of aliphatic hydroxyl groups is 2. The molecule has 0 aliphatic carbocycles. The van der Waals surface area contributed by atoms with Crippen molar-refractivity contribution in [2.75, 3.05) is 19.8 Å². The second-order valence-electron chi connectivity index (χ2n) is 4.90. The fourth-order valence-electron chi connectivity index (χ4n) is 1.68. The molecule has 3 N–H and O–H groups in total. The third kappa shape index (κ3) is 4.42. The first kappa shape index (κ1) is 14.1. The summed E-state index contributed by atoms with van der Waals surface area (Å²) in [5, 5.41) is 21.3. The third-order valence-corrected chi connectivity index (χ3v) is 2.97. The van der Waals surface area contributed by atoms with E-state index in [2.05, 4.69) is 30.2 Å². The zero-order chi connectivity index (χ0) is 12.7. The molecule has 0 saturated carbocycles. The monoisotopic (exact) mass is 238 g/mol. The molecule has 17 heavy (non-hydrogen) atoms. The van der Waals surface area contributed by atoms with Crippen molar-refractivity contribution in [2.24, 2.45) is 0 Å². The van der Waals surface area contributed by atoms with Crippen LogP contribution in [0.15, 0.2) is 24.5 Å². The summed E-state index contributed by atoms with van der Waals surface area (Å²) in [7, 11) is 0. The number of hydrogen-bond acceptors (Lipinski definition) is 4. The van der Waals surface area contributed by atoms with E-state index >= 15 is 0 Å². The largest absolute Gasteiger partial charge is 0.396 e. The Morgan fingerprint density at radius 2 is 2.18 bits per heavy atom. The van der Waals surface area contributed by atoms with Crippen LogP contribution in [0.5, 0.6) is 0 Å². The van der Waals surface area contributed by atoms with E-state index in [4.69, 9.17) is 10.2 Å². The molecule has 0 aromatic carbocycles. The first-order chi connectivity index (χ1) is 8.10. The van der Waals surface area contributed by atoms with Crippen molar-refractivity contribution in [1.82, 2.24) is 10.3 Å². The normalized spacial score (nSPS) is 13.6. The van der Waals surface area contributed by atoms with Gasteiger partial charge in [-0.3, -0.25) is 4.98 Å². The maximum atomic E-state index is 9.14. The standard InChI is InChI=1S/C13H22N2O2/c1-13(2,11-4-3-6-14-8-11)10-15-12(9-17)5-7-16/h3-4,6,8,12,15-17H,5,7,9-10H2,1-2H3. The minimum atomic E-state index is -0.0454. The molecule has 1 atom stereocenters. The molecule has 0 bridgehead atoms. The van der Waals surface area contributed by atoms with Crippen molar-refractivity contribution in [1.29, 1.82) is 0 Å². The Morgan fingerprint density at radius 1 is 1.41 bits per heavy atom. The molecule has 0 amide bonds. The van der Waals surface area contributed by atoms with Crippen LogP contribution in [0.4, 0.5) is 0 Å². The molecule has 1 unspecified atom stereocenters. The van der Waals surface area contributed by atoms with Crippen LogP contribution in [0.1, 0.15) is 25.8 Å². The molecule has 0 aliphatic rings. The molecule has 1 aromatic rings. The second-order valence-corrected chi connectivity index (χ2v) is 4.90. The highest BCUT2D eigenvalue weighted by Gasteiger charge is 2.21. The Labute approximate surface area is 103 Å². The zero-order valence-corrected chi connectivity index (χ0v) is 10.6. The highest BCUT2D eigenvalue weighted by atomic mass is 16.3. The Kier molecular flexibility index (Phi) is 5.55. The van der Waals surface area contributed by atoms with E-state index < -0.39 is 0 Å². The summed E-state index contributed by atoms with van der Waals surface area (Å²) in [5.74, 6) is 0. The number of nitrogens with one attached hydrogen (secondary N) is 1. The third-order valence-electron chi connectivity index (χ3n) is 2.97. The molecule has 1 rings (SSSR count). The Balaban J connectivity index is 2.55. The van der Waals surface area contributed by atoms with Crippen LogP contribution in [0, 0.1) is 0 Å². The highest BCUT2D eigenvalue weighted by molar-refractivity contribution is 5.19. The SMILES string of the molecule is CC(C)(CNC(CO)CCO)c1cccnc1. The fourth-order valence-corrected chi connectivity index (χ4v) is 1.68. The Hall–Kier alpha value is -0.970. The van der Waals surface area contributed by atoms with Gasteiger partial charge in [-0.1, -0.05) is 19.9 Å². The molecule has 1 aromatic heterocycles. The number of aromatic nitrogens is 1. The lowest BCUT2D eigenvalue weighted by molar-refractivity contribution is 0.195. The summed E-state index contributed by atoms with van der Waals surface area (Å²) < 4.78 is 0. The van der Waals surface area contributed by atoms with E-state index in [1.165, 1.54) is 0 Å². The molecule has 4 heteroatoms. The summed E-state index contributed by atoms with van der Waals surface area (Å²) in [6.07, 6.45) is 4.19. The van der Waals surface area contributed by atoms with Gasteiger partial charge in [0.15, 0.2) is 0 Å². The molecule has 1 heterocycles. The van der Waals surface area contributed by atoms with Crippen molar-refractivity contribution < 1.29 is 10.2 Å². The van der Waals surface area contributed by atoms with Gasteiger partial charge >= 0.3 is 0 Å². The average Bonchev–Trinajstić information content (AvgIpc) is 2.35. The van der Waals surface area contributed by atoms with E-state index in [0.717, 1.165) is 12.1 Å². The maximum Gasteiger partial charge on any atom is 0.0585 e. The lowest BCUT2D eigenvalue weighted by atomic mass is 9.85. The van der Waals surface area contributed by atoms with Gasteiger partial charge in [0.1, 0.15) is 0 Å². The lowest BCUT2D eigenvalue weighted by Crippen LogP contribution is -2.41. The van der Waals surface area contributed by atoms with Gasteiger partial charge in [0, 0.05) is 37.0 Å². The lowest BCUT2D eigenvalue weighted by Gasteiger charge is -2.28. The Bertz CT molecular complexity index is 314. The van der Waals surface area contributed by atoms with Crippen LogP contribution in [0.3, 0.4) is 0 Å². The first-order valence-electron chi connectivity index (χ1n) is 5.96. The number of nitrogens with zero attached hydrogens (tertiary/aromatic N) is 1. The maximum absolute atomic E-state index is 9.14. The quantitative estimate of drug-likeness (QED) is 0.654. The molecular formula is C13H22N2O2. The second kappa shape index (κ2) is 6.69. The molecular weight excluding hydrogens is 216 g/mol. The van der Waals surface area contributed by atoms with Gasteiger partial charge in [-0.05, 0) is 18.1 Å². The van der Waals surface area contributed by atoms with Crippen molar-refractivity contribution in [3.63, 3.8) is 0 Å². The number of pyridine rings is 1. The number of rotatable bonds is 7. The van der Waals surface area contributed by atoms with Crippen LogP contribution in [-0.4, -0.2) is 41.0 Å². The van der Waals surface area contributed by atoms with Gasteiger partial charge in [-0.2, -0.15) is 0 Å². The number of aliphatic hydroxyl groups excluding tert-OH is 2. The van der Waals surface area contributed by atoms with E-state index in [-0.39, 0.29) is 24.7 Å². The molecule has 0 aliphatic heterocycles. The van der Waals surface area contributed by atoms with Crippen LogP contribution in [-0.2, 0) is 5.41 Å². The summed E-state index contributed by atoms with van der Waals surface area (Å²) >= 11 is 0. The van der Waals surface area contributed by atoms with Crippen molar-refractivity contribution in [3.8, 4) is 0 Å². The minimum absolute atomic E-state index is 0.0445. The van der Waals surface area contributed by atoms with Crippen LogP contribution < -0.4 is 5.32 Å². The molecule has 4 nitrogen and oxygen atoms in total. The van der Waals surface area contributed by atoms with Crippen LogP contribution >= 0.6 is 0 Å². The minimum Gasteiger partial charge on any atom is -0.396 e. The molecule has 0 saturated heterocycles. The van der Waals surface area contributed by atoms with E-state index in [9.17, 15) is 0 Å². The van der Waals surface area contributed by atoms with Crippen LogP contribution in [0.25, 0.3) is 0 Å². The van der Waals surface area contributed by atoms with Gasteiger partial charge in [-0.15, -0.1) is 0 Å². The van der Waals surface area contributed by atoms with Crippen molar-refractivity contribution in [3.05, 3.63) is 30.1 Å². The summed E-state index contributed by atoms with van der Waals surface area (Å²) in [5.41, 5.74) is 1.12. The first-order valence-corrected chi connectivity index (χ1v) is 5.96. The smallest absolute Gasteiger partial charge is 0.0585 e. The van der Waals surface area contributed by atoms with E-state index in [1.807, 2.05) is 12.3 Å². The predicted octanol–water partition coefficient (Wildman–Crippen LogP) is 0.692. The van der Waals surface area contributed by atoms with Gasteiger partial charge in [-0.25, -0.2) is 0 Å². The number of hydrogen-bond donors (Lipinski definition) is 3. The molecule has 0 spiro atoms. The molecule has 96 valence electrons. The summed E-state index contributed by atoms with van der Waals surface area (Å²) in [6.45, 7) is 5.13. The predicted molar refractivity (Wildman–Crippen MR) is 67.8 cm³/mol. The molecule has 0 radical (unpaired) electrons. The summed E-state index contributed by atoms with van der Waals surface area (Å²) in [4.78, 5) is 4.12. The Morgan fingerprint density at radius 3 is 2.71 bits per heavy atom. The fraction of sp³-hybridized carbons (Fsp3) is 0.615. The summed E-state index contributed by atoms with van der Waals surface area (Å²) in [6, 6.07) is 3.93. The van der Waals surface area contributed by atoms with E-state index in [1.54, 1.807) is 6.20 Å². The van der Waals surface area contributed by atoms with Crippen molar-refractivity contribution >= 4 is 0 Å². The van der Waals surface area contributed by atoms with E-state index in [0.29, 0.717) is 6.42 Å². The van der Waals surface area contributed by atoms with Gasteiger partial charge in [0.05, 0.1) is 6.61 Å². The molecule has 0 fully saturated rings. The van der Waals surface area contributed by atoms with Crippen LogP contribution in [0.2, 0.25) is 0 Å². The van der Waals surface area contributed by atoms with Gasteiger partial charge in [0.2, 0.25) is 0 Å². The topological polar surface area (TPSA) is 65.4 Å². The average molecular weight is 238 g/mol.